The summed E-state index contributed by atoms with van der Waals surface area (Å²) in [6, 6.07) is 5.41. The van der Waals surface area contributed by atoms with Crippen molar-refractivity contribution in [2.75, 3.05) is 6.54 Å². The minimum absolute atomic E-state index is 0.00776. The number of amides is 2. The van der Waals surface area contributed by atoms with Crippen molar-refractivity contribution in [1.29, 1.82) is 0 Å². The molecule has 0 radical (unpaired) electrons. The first-order valence-electron chi connectivity index (χ1n) is 8.24. The van der Waals surface area contributed by atoms with Gasteiger partial charge in [0.2, 0.25) is 5.91 Å². The maximum Gasteiger partial charge on any atom is 0.306 e. The Bertz CT molecular complexity index is 634. The topological polar surface area (TPSA) is 95.5 Å². The Kier molecular flexibility index (Phi) is 5.95. The zero-order valence-corrected chi connectivity index (χ0v) is 14.1. The van der Waals surface area contributed by atoms with Crippen LogP contribution in [-0.2, 0) is 9.59 Å². The summed E-state index contributed by atoms with van der Waals surface area (Å²) in [5, 5.41) is 14.4. The van der Waals surface area contributed by atoms with E-state index in [1.807, 2.05) is 19.9 Å². The van der Waals surface area contributed by atoms with Crippen molar-refractivity contribution in [2.45, 2.75) is 45.6 Å². The van der Waals surface area contributed by atoms with Gasteiger partial charge in [-0.3, -0.25) is 14.4 Å². The Morgan fingerprint density at radius 3 is 2.33 bits per heavy atom. The van der Waals surface area contributed by atoms with Crippen molar-refractivity contribution >= 4 is 17.8 Å². The fourth-order valence-corrected chi connectivity index (χ4v) is 2.91. The van der Waals surface area contributed by atoms with Crippen LogP contribution in [-0.4, -0.2) is 35.5 Å². The zero-order chi connectivity index (χ0) is 17.7. The highest BCUT2D eigenvalue weighted by atomic mass is 16.4. The van der Waals surface area contributed by atoms with E-state index in [-0.39, 0.29) is 30.3 Å². The van der Waals surface area contributed by atoms with E-state index in [0.29, 0.717) is 31.2 Å². The molecule has 24 heavy (non-hydrogen) atoms. The summed E-state index contributed by atoms with van der Waals surface area (Å²) in [6.45, 7) is 3.83. The lowest BCUT2D eigenvalue weighted by Crippen LogP contribution is -2.43. The van der Waals surface area contributed by atoms with Gasteiger partial charge in [-0.15, -0.1) is 0 Å². The summed E-state index contributed by atoms with van der Waals surface area (Å²) < 4.78 is 0. The van der Waals surface area contributed by atoms with Crippen molar-refractivity contribution in [3.63, 3.8) is 0 Å². The third kappa shape index (κ3) is 4.81. The average Bonchev–Trinajstić information content (AvgIpc) is 2.55. The standard InChI is InChI=1S/C18H24N2O4/c1-11-3-4-14(9-12(11)2)17(22)19-10-16(21)20-15-7-5-13(6-8-15)18(23)24/h3-4,9,13,15H,5-8,10H2,1-2H3,(H,19,22)(H,20,21)(H,23,24). The first kappa shape index (κ1) is 18.0. The summed E-state index contributed by atoms with van der Waals surface area (Å²) in [5.41, 5.74) is 2.68. The number of aliphatic carboxylic acids is 1. The van der Waals surface area contributed by atoms with E-state index in [0.717, 1.165) is 11.1 Å². The summed E-state index contributed by atoms with van der Waals surface area (Å²) in [5.74, 6) is -1.59. The third-order valence-corrected chi connectivity index (χ3v) is 4.62. The molecule has 0 aromatic heterocycles. The lowest BCUT2D eigenvalue weighted by atomic mass is 9.86. The smallest absolute Gasteiger partial charge is 0.306 e. The third-order valence-electron chi connectivity index (χ3n) is 4.62. The normalized spacial score (nSPS) is 20.2. The molecule has 130 valence electrons. The molecule has 1 aromatic rings. The second-order valence-corrected chi connectivity index (χ2v) is 6.44. The highest BCUT2D eigenvalue weighted by Crippen LogP contribution is 2.24. The van der Waals surface area contributed by atoms with Crippen LogP contribution >= 0.6 is 0 Å². The van der Waals surface area contributed by atoms with Gasteiger partial charge >= 0.3 is 5.97 Å². The van der Waals surface area contributed by atoms with Crippen LogP contribution in [0.4, 0.5) is 0 Å². The van der Waals surface area contributed by atoms with Gasteiger partial charge in [-0.1, -0.05) is 6.07 Å². The number of rotatable bonds is 5. The zero-order valence-electron chi connectivity index (χ0n) is 14.1. The SMILES string of the molecule is Cc1ccc(C(=O)NCC(=O)NC2CCC(C(=O)O)CC2)cc1C. The summed E-state index contributed by atoms with van der Waals surface area (Å²) >= 11 is 0. The largest absolute Gasteiger partial charge is 0.481 e. The fourth-order valence-electron chi connectivity index (χ4n) is 2.91. The molecule has 6 nitrogen and oxygen atoms in total. The number of carbonyl (C=O) groups is 3. The van der Waals surface area contributed by atoms with Crippen LogP contribution in [0.25, 0.3) is 0 Å². The second kappa shape index (κ2) is 7.95. The van der Waals surface area contributed by atoms with Crippen LogP contribution in [0.5, 0.6) is 0 Å². The van der Waals surface area contributed by atoms with E-state index in [1.54, 1.807) is 12.1 Å². The van der Waals surface area contributed by atoms with Crippen LogP contribution in [0.1, 0.15) is 47.2 Å². The Balaban J connectivity index is 1.76. The van der Waals surface area contributed by atoms with Crippen molar-refractivity contribution in [2.24, 2.45) is 5.92 Å². The molecule has 0 aliphatic heterocycles. The minimum atomic E-state index is -0.763. The van der Waals surface area contributed by atoms with Gasteiger partial charge in [0.25, 0.3) is 5.91 Å². The molecule has 1 fully saturated rings. The Labute approximate surface area is 141 Å². The minimum Gasteiger partial charge on any atom is -0.481 e. The molecule has 6 heteroatoms. The molecule has 2 rings (SSSR count). The highest BCUT2D eigenvalue weighted by Gasteiger charge is 2.26. The Morgan fingerprint density at radius 2 is 1.75 bits per heavy atom. The average molecular weight is 332 g/mol. The Hall–Kier alpha value is -2.37. The molecule has 2 amide bonds. The highest BCUT2D eigenvalue weighted by molar-refractivity contribution is 5.96. The number of hydrogen-bond donors (Lipinski definition) is 3. The van der Waals surface area contributed by atoms with Gasteiger partial charge in [0.05, 0.1) is 12.5 Å². The van der Waals surface area contributed by atoms with E-state index in [9.17, 15) is 14.4 Å². The maximum absolute atomic E-state index is 12.1. The molecular weight excluding hydrogens is 308 g/mol. The van der Waals surface area contributed by atoms with Crippen molar-refractivity contribution in [1.82, 2.24) is 10.6 Å². The number of hydrogen-bond acceptors (Lipinski definition) is 3. The van der Waals surface area contributed by atoms with E-state index in [1.165, 1.54) is 0 Å². The van der Waals surface area contributed by atoms with Crippen LogP contribution < -0.4 is 10.6 Å². The van der Waals surface area contributed by atoms with E-state index < -0.39 is 5.97 Å². The molecule has 1 saturated carbocycles. The maximum atomic E-state index is 12.1. The predicted molar refractivity (Wildman–Crippen MR) is 89.8 cm³/mol. The lowest BCUT2D eigenvalue weighted by Gasteiger charge is -2.26. The molecule has 0 heterocycles. The van der Waals surface area contributed by atoms with E-state index in [4.69, 9.17) is 5.11 Å². The first-order valence-corrected chi connectivity index (χ1v) is 8.24. The van der Waals surface area contributed by atoms with Gasteiger partial charge in [-0.2, -0.15) is 0 Å². The Morgan fingerprint density at radius 1 is 1.08 bits per heavy atom. The van der Waals surface area contributed by atoms with E-state index in [2.05, 4.69) is 10.6 Å². The number of nitrogens with one attached hydrogen (secondary N) is 2. The fraction of sp³-hybridized carbons (Fsp3) is 0.500. The molecule has 0 spiro atoms. The molecule has 1 aromatic carbocycles. The number of benzene rings is 1. The lowest BCUT2D eigenvalue weighted by molar-refractivity contribution is -0.142. The van der Waals surface area contributed by atoms with Crippen molar-refractivity contribution < 1.29 is 19.5 Å². The second-order valence-electron chi connectivity index (χ2n) is 6.44. The first-order chi connectivity index (χ1) is 11.4. The van der Waals surface area contributed by atoms with Crippen LogP contribution in [0.3, 0.4) is 0 Å². The van der Waals surface area contributed by atoms with Gasteiger partial charge < -0.3 is 15.7 Å². The van der Waals surface area contributed by atoms with Gasteiger partial charge in [0.1, 0.15) is 0 Å². The molecule has 0 bridgehead atoms. The number of carboxylic acid groups (broad SMARTS) is 1. The molecule has 1 aliphatic carbocycles. The van der Waals surface area contributed by atoms with Crippen molar-refractivity contribution in [3.8, 4) is 0 Å². The molecule has 3 N–H and O–H groups in total. The van der Waals surface area contributed by atoms with Gasteiger partial charge in [0, 0.05) is 11.6 Å². The van der Waals surface area contributed by atoms with Crippen LogP contribution in [0, 0.1) is 19.8 Å². The number of carboxylic acids is 1. The van der Waals surface area contributed by atoms with Crippen LogP contribution in [0.2, 0.25) is 0 Å². The van der Waals surface area contributed by atoms with Crippen molar-refractivity contribution in [3.05, 3.63) is 34.9 Å². The summed E-state index contributed by atoms with van der Waals surface area (Å²) in [7, 11) is 0. The summed E-state index contributed by atoms with van der Waals surface area (Å²) in [4.78, 5) is 34.9. The van der Waals surface area contributed by atoms with Crippen LogP contribution in [0.15, 0.2) is 18.2 Å². The molecule has 0 saturated heterocycles. The van der Waals surface area contributed by atoms with Gasteiger partial charge in [0.15, 0.2) is 0 Å². The molecule has 0 atom stereocenters. The number of carbonyl (C=O) groups excluding carboxylic acids is 2. The molecule has 0 unspecified atom stereocenters. The number of aryl methyl sites for hydroxylation is 2. The van der Waals surface area contributed by atoms with E-state index >= 15 is 0 Å². The van der Waals surface area contributed by atoms with Gasteiger partial charge in [-0.05, 0) is 62.8 Å². The summed E-state index contributed by atoms with van der Waals surface area (Å²) in [6.07, 6.45) is 2.48. The monoisotopic (exact) mass is 332 g/mol. The molecular formula is C18H24N2O4. The van der Waals surface area contributed by atoms with Gasteiger partial charge in [-0.25, -0.2) is 0 Å². The molecule has 1 aliphatic rings. The quantitative estimate of drug-likeness (QED) is 0.766. The predicted octanol–water partition coefficient (Wildman–Crippen LogP) is 1.79.